The fourth-order valence-corrected chi connectivity index (χ4v) is 2.57. The third kappa shape index (κ3) is 3.31. The molecule has 26 heavy (non-hydrogen) atoms. The Hall–Kier alpha value is -3.52. The Morgan fingerprint density at radius 3 is 2.73 bits per heavy atom. The summed E-state index contributed by atoms with van der Waals surface area (Å²) in [5.41, 5.74) is 2.57. The number of aromatic amines is 1. The number of nitrogens with zero attached hydrogens (tertiary/aromatic N) is 4. The Balaban J connectivity index is 1.53. The van der Waals surface area contributed by atoms with Gasteiger partial charge < -0.3 is 9.84 Å². The zero-order valence-corrected chi connectivity index (χ0v) is 13.9. The summed E-state index contributed by atoms with van der Waals surface area (Å²) in [4.78, 5) is 12.4. The van der Waals surface area contributed by atoms with E-state index >= 15 is 0 Å². The van der Waals surface area contributed by atoms with Crippen molar-refractivity contribution in [1.29, 1.82) is 0 Å². The van der Waals surface area contributed by atoms with E-state index in [1.807, 2.05) is 12.1 Å². The normalized spacial score (nSPS) is 10.7. The summed E-state index contributed by atoms with van der Waals surface area (Å²) in [7, 11) is 0. The van der Waals surface area contributed by atoms with Gasteiger partial charge in [0.05, 0.1) is 0 Å². The smallest absolute Gasteiger partial charge is 0.294 e. The van der Waals surface area contributed by atoms with Crippen LogP contribution in [-0.2, 0) is 0 Å². The van der Waals surface area contributed by atoms with E-state index in [0.717, 1.165) is 5.56 Å². The molecule has 2 aromatic heterocycles. The number of hydrogen-bond donors (Lipinski definition) is 2. The number of H-pyrrole nitrogens is 1. The molecular formula is C17H11ClN6O2. The zero-order valence-electron chi connectivity index (χ0n) is 13.2. The van der Waals surface area contributed by atoms with Gasteiger partial charge in [0, 0.05) is 27.9 Å². The molecule has 0 bridgehead atoms. The quantitative estimate of drug-likeness (QED) is 0.572. The fourth-order valence-electron chi connectivity index (χ4n) is 2.38. The molecular weight excluding hydrogens is 356 g/mol. The highest BCUT2D eigenvalue weighted by atomic mass is 35.5. The van der Waals surface area contributed by atoms with Gasteiger partial charge in [0.25, 0.3) is 5.91 Å². The maximum Gasteiger partial charge on any atom is 0.294 e. The number of aromatic nitrogens is 5. The average Bonchev–Trinajstić information content (AvgIpc) is 3.34. The molecule has 2 aromatic carbocycles. The molecule has 0 aliphatic carbocycles. The van der Waals surface area contributed by atoms with Gasteiger partial charge in [-0.2, -0.15) is 5.21 Å². The molecule has 128 valence electrons. The van der Waals surface area contributed by atoms with E-state index in [1.165, 1.54) is 0 Å². The number of carbonyl (C=O) groups is 1. The molecule has 0 saturated carbocycles. The van der Waals surface area contributed by atoms with Gasteiger partial charge in [-0.05, 0) is 29.5 Å². The highest BCUT2D eigenvalue weighted by molar-refractivity contribution is 6.30. The van der Waals surface area contributed by atoms with Gasteiger partial charge in [0.2, 0.25) is 11.6 Å². The predicted octanol–water partition coefficient (Wildman–Crippen LogP) is 3.43. The Kier molecular flexibility index (Phi) is 4.16. The first-order valence-corrected chi connectivity index (χ1v) is 7.95. The van der Waals surface area contributed by atoms with E-state index in [-0.39, 0.29) is 5.76 Å². The van der Waals surface area contributed by atoms with Crippen LogP contribution in [0.1, 0.15) is 10.6 Å². The molecule has 9 heteroatoms. The summed E-state index contributed by atoms with van der Waals surface area (Å²) in [5.74, 6) is 0.102. The molecule has 0 radical (unpaired) electrons. The lowest BCUT2D eigenvalue weighted by atomic mass is 10.1. The van der Waals surface area contributed by atoms with Crippen LogP contribution < -0.4 is 5.32 Å². The second kappa shape index (κ2) is 6.77. The molecule has 4 rings (SSSR count). The third-order valence-electron chi connectivity index (χ3n) is 3.58. The molecule has 0 aliphatic rings. The molecule has 2 N–H and O–H groups in total. The van der Waals surface area contributed by atoms with Crippen molar-refractivity contribution in [3.63, 3.8) is 0 Å². The van der Waals surface area contributed by atoms with Crippen LogP contribution in [0.5, 0.6) is 0 Å². The molecule has 1 amide bonds. The lowest BCUT2D eigenvalue weighted by molar-refractivity contribution is 0.0988. The second-order valence-corrected chi connectivity index (χ2v) is 5.79. The summed E-state index contributed by atoms with van der Waals surface area (Å²) >= 11 is 5.97. The number of benzene rings is 2. The summed E-state index contributed by atoms with van der Waals surface area (Å²) in [6, 6.07) is 15.8. The maximum absolute atomic E-state index is 12.4. The van der Waals surface area contributed by atoms with E-state index in [1.54, 1.807) is 42.5 Å². The second-order valence-electron chi connectivity index (χ2n) is 5.36. The number of nitrogens with one attached hydrogen (secondary N) is 2. The highest BCUT2D eigenvalue weighted by Crippen LogP contribution is 2.23. The lowest BCUT2D eigenvalue weighted by Crippen LogP contribution is -2.10. The average molecular weight is 367 g/mol. The number of carbonyl (C=O) groups excluding carboxylic acids is 1. The van der Waals surface area contributed by atoms with Gasteiger partial charge in [0.1, 0.15) is 5.69 Å². The standard InChI is InChI=1S/C17H11ClN6O2/c18-12-5-1-3-10(7-12)14-9-15(26-22-14)17(25)19-13-6-2-4-11(8-13)16-20-23-24-21-16/h1-9H,(H,19,25)(H,20,21,23,24). The fraction of sp³-hybridized carbons (Fsp3) is 0. The highest BCUT2D eigenvalue weighted by Gasteiger charge is 2.15. The predicted molar refractivity (Wildman–Crippen MR) is 94.5 cm³/mol. The molecule has 0 unspecified atom stereocenters. The van der Waals surface area contributed by atoms with Crippen molar-refractivity contribution in [1.82, 2.24) is 25.8 Å². The monoisotopic (exact) mass is 366 g/mol. The van der Waals surface area contributed by atoms with Crippen molar-refractivity contribution >= 4 is 23.2 Å². The molecule has 4 aromatic rings. The van der Waals surface area contributed by atoms with Crippen LogP contribution in [0.2, 0.25) is 5.02 Å². The van der Waals surface area contributed by atoms with Gasteiger partial charge in [-0.3, -0.25) is 4.79 Å². The van der Waals surface area contributed by atoms with Crippen LogP contribution >= 0.6 is 11.6 Å². The topological polar surface area (TPSA) is 110 Å². The van der Waals surface area contributed by atoms with Gasteiger partial charge in [-0.25, -0.2) is 0 Å². The van der Waals surface area contributed by atoms with Crippen molar-refractivity contribution in [3.8, 4) is 22.6 Å². The van der Waals surface area contributed by atoms with Crippen LogP contribution in [0.4, 0.5) is 5.69 Å². The van der Waals surface area contributed by atoms with Gasteiger partial charge in [-0.15, -0.1) is 10.2 Å². The first kappa shape index (κ1) is 16.0. The third-order valence-corrected chi connectivity index (χ3v) is 3.81. The minimum absolute atomic E-state index is 0.0879. The number of hydrogen-bond acceptors (Lipinski definition) is 6. The molecule has 8 nitrogen and oxygen atoms in total. The molecule has 0 spiro atoms. The Labute approximate surface area is 152 Å². The molecule has 0 atom stereocenters. The number of anilines is 1. The minimum Gasteiger partial charge on any atom is -0.350 e. The van der Waals surface area contributed by atoms with Crippen molar-refractivity contribution < 1.29 is 9.32 Å². The molecule has 0 fully saturated rings. The van der Waals surface area contributed by atoms with Crippen LogP contribution in [0.15, 0.2) is 59.1 Å². The van der Waals surface area contributed by atoms with Crippen LogP contribution in [0, 0.1) is 0 Å². The van der Waals surface area contributed by atoms with Crippen molar-refractivity contribution in [3.05, 3.63) is 65.4 Å². The van der Waals surface area contributed by atoms with E-state index in [4.69, 9.17) is 16.1 Å². The summed E-state index contributed by atoms with van der Waals surface area (Å²) < 4.78 is 5.15. The van der Waals surface area contributed by atoms with Crippen molar-refractivity contribution in [2.24, 2.45) is 0 Å². The SMILES string of the molecule is O=C(Nc1cccc(-c2nn[nH]n2)c1)c1cc(-c2cccc(Cl)c2)no1. The summed E-state index contributed by atoms with van der Waals surface area (Å²) in [6.07, 6.45) is 0. The van der Waals surface area contributed by atoms with Crippen LogP contribution in [0.3, 0.4) is 0 Å². The van der Waals surface area contributed by atoms with Crippen molar-refractivity contribution in [2.45, 2.75) is 0 Å². The van der Waals surface area contributed by atoms with E-state index < -0.39 is 5.91 Å². The minimum atomic E-state index is -0.420. The summed E-state index contributed by atoms with van der Waals surface area (Å²) in [5, 5.41) is 21.0. The van der Waals surface area contributed by atoms with E-state index in [9.17, 15) is 4.79 Å². The van der Waals surface area contributed by atoms with Crippen LogP contribution in [-0.4, -0.2) is 31.7 Å². The molecule has 2 heterocycles. The zero-order chi connectivity index (χ0) is 17.9. The van der Waals surface area contributed by atoms with Gasteiger partial charge in [-0.1, -0.05) is 41.0 Å². The number of rotatable bonds is 4. The Bertz CT molecular complexity index is 1060. The van der Waals surface area contributed by atoms with Gasteiger partial charge >= 0.3 is 0 Å². The number of amides is 1. The van der Waals surface area contributed by atoms with E-state index in [0.29, 0.717) is 27.8 Å². The maximum atomic E-state index is 12.4. The number of halogens is 1. The largest absolute Gasteiger partial charge is 0.350 e. The van der Waals surface area contributed by atoms with Crippen molar-refractivity contribution in [2.75, 3.05) is 5.32 Å². The molecule has 0 aliphatic heterocycles. The Morgan fingerprint density at radius 2 is 1.92 bits per heavy atom. The van der Waals surface area contributed by atoms with Gasteiger partial charge in [0.15, 0.2) is 0 Å². The van der Waals surface area contributed by atoms with Crippen LogP contribution in [0.25, 0.3) is 22.6 Å². The summed E-state index contributed by atoms with van der Waals surface area (Å²) in [6.45, 7) is 0. The first-order valence-electron chi connectivity index (χ1n) is 7.57. The first-order chi connectivity index (χ1) is 12.7. The number of tetrazole rings is 1. The van der Waals surface area contributed by atoms with E-state index in [2.05, 4.69) is 31.1 Å². The Morgan fingerprint density at radius 1 is 1.08 bits per heavy atom. The molecule has 0 saturated heterocycles. The lowest BCUT2D eigenvalue weighted by Gasteiger charge is -2.03.